The molecule has 148 valence electrons. The van der Waals surface area contributed by atoms with Gasteiger partial charge in [-0.05, 0) is 29.8 Å². The number of rotatable bonds is 4. The van der Waals surface area contributed by atoms with Gasteiger partial charge >= 0.3 is 0 Å². The number of benzene rings is 2. The third-order valence-corrected chi connectivity index (χ3v) is 5.33. The van der Waals surface area contributed by atoms with Gasteiger partial charge in [-0.3, -0.25) is 14.5 Å². The number of amides is 2. The van der Waals surface area contributed by atoms with Crippen LogP contribution >= 0.6 is 0 Å². The van der Waals surface area contributed by atoms with Crippen LogP contribution in [0, 0.1) is 0 Å². The van der Waals surface area contributed by atoms with E-state index in [4.69, 9.17) is 4.74 Å². The van der Waals surface area contributed by atoms with Gasteiger partial charge in [0.15, 0.2) is 5.65 Å². The van der Waals surface area contributed by atoms with E-state index in [1.807, 2.05) is 54.6 Å². The van der Waals surface area contributed by atoms with Crippen LogP contribution < -0.4 is 4.74 Å². The lowest BCUT2D eigenvalue weighted by Crippen LogP contribution is -2.29. The highest BCUT2D eigenvalue weighted by Gasteiger charge is 2.39. The number of pyridine rings is 1. The molecule has 0 unspecified atom stereocenters. The van der Waals surface area contributed by atoms with Gasteiger partial charge in [-0.2, -0.15) is 5.10 Å². The molecule has 0 spiro atoms. The molecule has 0 aliphatic carbocycles. The van der Waals surface area contributed by atoms with E-state index >= 15 is 0 Å². The van der Waals surface area contributed by atoms with E-state index in [0.29, 0.717) is 27.9 Å². The number of carbonyl (C=O) groups is 2. The van der Waals surface area contributed by atoms with Crippen molar-refractivity contribution in [3.8, 4) is 17.0 Å². The van der Waals surface area contributed by atoms with Crippen LogP contribution in [0.25, 0.3) is 22.3 Å². The molecule has 0 bridgehead atoms. The van der Waals surface area contributed by atoms with Gasteiger partial charge < -0.3 is 4.74 Å². The Morgan fingerprint density at radius 1 is 0.967 bits per heavy atom. The molecule has 30 heavy (non-hydrogen) atoms. The molecule has 2 amide bonds. The van der Waals surface area contributed by atoms with Crippen LogP contribution in [0.1, 0.15) is 26.3 Å². The number of ether oxygens (including phenoxy) is 1. The number of nitrogens with zero attached hydrogens (tertiary/aromatic N) is 4. The van der Waals surface area contributed by atoms with Crippen LogP contribution in [0.3, 0.4) is 0 Å². The normalized spacial score (nSPS) is 13.2. The Labute approximate surface area is 172 Å². The molecule has 1 aliphatic rings. The number of aromatic nitrogens is 3. The predicted molar refractivity (Wildman–Crippen MR) is 111 cm³/mol. The molecule has 7 nitrogen and oxygen atoms in total. The molecule has 2 aromatic carbocycles. The van der Waals surface area contributed by atoms with Crippen molar-refractivity contribution in [1.82, 2.24) is 19.7 Å². The highest BCUT2D eigenvalue weighted by atomic mass is 16.5. The fourth-order valence-electron chi connectivity index (χ4n) is 3.84. The van der Waals surface area contributed by atoms with Gasteiger partial charge in [0.25, 0.3) is 11.8 Å². The second-order valence-electron chi connectivity index (χ2n) is 7.13. The second-order valence-corrected chi connectivity index (χ2v) is 7.13. The first-order valence-electron chi connectivity index (χ1n) is 9.48. The largest absolute Gasteiger partial charge is 0.497 e. The summed E-state index contributed by atoms with van der Waals surface area (Å²) in [6.45, 7) is 0.215. The average Bonchev–Trinajstić information content (AvgIpc) is 3.24. The maximum atomic E-state index is 13.3. The summed E-state index contributed by atoms with van der Waals surface area (Å²) in [6.07, 6.45) is 1.47. The Balaban J connectivity index is 1.66. The van der Waals surface area contributed by atoms with Crippen molar-refractivity contribution in [2.75, 3.05) is 7.11 Å². The summed E-state index contributed by atoms with van der Waals surface area (Å²) in [5, 5.41) is 5.18. The predicted octanol–water partition coefficient (Wildman–Crippen LogP) is 3.44. The lowest BCUT2D eigenvalue weighted by atomic mass is 10.0. The molecule has 0 saturated carbocycles. The van der Waals surface area contributed by atoms with Gasteiger partial charge in [-0.15, -0.1) is 0 Å². The summed E-state index contributed by atoms with van der Waals surface area (Å²) in [5.41, 5.74) is 3.55. The Bertz CT molecular complexity index is 1290. The molecule has 0 radical (unpaired) electrons. The maximum absolute atomic E-state index is 13.3. The fraction of sp³-hybridized carbons (Fsp3) is 0.130. The number of imide groups is 1. The van der Waals surface area contributed by atoms with Gasteiger partial charge in [0.05, 0.1) is 30.2 Å². The first-order chi connectivity index (χ1) is 14.6. The van der Waals surface area contributed by atoms with E-state index in [2.05, 4.69) is 10.1 Å². The molecule has 1 aliphatic heterocycles. The van der Waals surface area contributed by atoms with Crippen molar-refractivity contribution in [3.05, 3.63) is 77.5 Å². The molecule has 0 fully saturated rings. The summed E-state index contributed by atoms with van der Waals surface area (Å²) in [4.78, 5) is 32.1. The molecule has 0 saturated heterocycles. The highest BCUT2D eigenvalue weighted by Crippen LogP contribution is 2.36. The third-order valence-electron chi connectivity index (χ3n) is 5.33. The minimum absolute atomic E-state index is 0.215. The van der Waals surface area contributed by atoms with E-state index in [0.717, 1.165) is 16.9 Å². The third kappa shape index (κ3) is 2.67. The second kappa shape index (κ2) is 6.81. The Kier molecular flexibility index (Phi) is 4.10. The smallest absolute Gasteiger partial charge is 0.263 e. The minimum atomic E-state index is -0.335. The van der Waals surface area contributed by atoms with Gasteiger partial charge in [0, 0.05) is 18.8 Å². The number of fused-ring (bicyclic) bond motifs is 3. The number of hydrogen-bond acceptors (Lipinski definition) is 5. The van der Waals surface area contributed by atoms with Crippen molar-refractivity contribution in [2.24, 2.45) is 7.05 Å². The molecule has 3 heterocycles. The number of methoxy groups -OCH3 is 1. The molecule has 2 aromatic heterocycles. The topological polar surface area (TPSA) is 77.3 Å². The monoisotopic (exact) mass is 398 g/mol. The zero-order valence-corrected chi connectivity index (χ0v) is 16.5. The lowest BCUT2D eigenvalue weighted by Gasteiger charge is -2.13. The van der Waals surface area contributed by atoms with E-state index in [9.17, 15) is 9.59 Å². The van der Waals surface area contributed by atoms with Crippen LogP contribution in [0.5, 0.6) is 5.75 Å². The van der Waals surface area contributed by atoms with Gasteiger partial charge in [-0.1, -0.05) is 30.3 Å². The van der Waals surface area contributed by atoms with Gasteiger partial charge in [-0.25, -0.2) is 9.67 Å². The summed E-state index contributed by atoms with van der Waals surface area (Å²) in [7, 11) is 3.38. The zero-order chi connectivity index (χ0) is 20.8. The highest BCUT2D eigenvalue weighted by molar-refractivity contribution is 6.27. The first-order valence-corrected chi connectivity index (χ1v) is 9.48. The van der Waals surface area contributed by atoms with Crippen molar-refractivity contribution in [3.63, 3.8) is 0 Å². The average molecular weight is 398 g/mol. The van der Waals surface area contributed by atoms with Gasteiger partial charge in [0.1, 0.15) is 11.4 Å². The Morgan fingerprint density at radius 3 is 2.40 bits per heavy atom. The molecule has 7 heteroatoms. The molecular formula is C23H18N4O3. The van der Waals surface area contributed by atoms with Crippen LogP contribution in [-0.4, -0.2) is 38.6 Å². The van der Waals surface area contributed by atoms with Crippen LogP contribution in [-0.2, 0) is 13.6 Å². The minimum Gasteiger partial charge on any atom is -0.497 e. The SMILES string of the molecule is COc1ccc(-c2nn(C)c3ncc4c(c23)C(=O)N(Cc2ccccc2)C4=O)cc1. The van der Waals surface area contributed by atoms with Crippen LogP contribution in [0.2, 0.25) is 0 Å². The van der Waals surface area contributed by atoms with E-state index < -0.39 is 0 Å². The Hall–Kier alpha value is -4.00. The number of carbonyl (C=O) groups excluding carboxylic acids is 2. The molecule has 4 aromatic rings. The fourth-order valence-corrected chi connectivity index (χ4v) is 3.84. The van der Waals surface area contributed by atoms with Crippen molar-refractivity contribution in [2.45, 2.75) is 6.54 Å². The quantitative estimate of drug-likeness (QED) is 0.492. The van der Waals surface area contributed by atoms with Crippen LogP contribution in [0.15, 0.2) is 60.8 Å². The summed E-state index contributed by atoms with van der Waals surface area (Å²) in [6, 6.07) is 16.9. The summed E-state index contributed by atoms with van der Waals surface area (Å²) >= 11 is 0. The molecule has 0 atom stereocenters. The Morgan fingerprint density at radius 2 is 1.70 bits per heavy atom. The molecule has 5 rings (SSSR count). The standard InChI is InChI=1S/C23H18N4O3/c1-26-21-19(20(25-26)15-8-10-16(30-2)11-9-15)18-17(12-24-21)22(28)27(23(18)29)13-14-6-4-3-5-7-14/h3-12H,13H2,1-2H3. The molecular weight excluding hydrogens is 380 g/mol. The number of hydrogen-bond donors (Lipinski definition) is 0. The zero-order valence-electron chi connectivity index (χ0n) is 16.5. The van der Waals surface area contributed by atoms with Crippen molar-refractivity contribution < 1.29 is 14.3 Å². The first kappa shape index (κ1) is 18.1. The van der Waals surface area contributed by atoms with Crippen molar-refractivity contribution >= 4 is 22.8 Å². The van der Waals surface area contributed by atoms with E-state index in [1.165, 1.54) is 11.1 Å². The summed E-state index contributed by atoms with van der Waals surface area (Å²) < 4.78 is 6.86. The van der Waals surface area contributed by atoms with Crippen molar-refractivity contribution in [1.29, 1.82) is 0 Å². The van der Waals surface area contributed by atoms with Gasteiger partial charge in [0.2, 0.25) is 0 Å². The van der Waals surface area contributed by atoms with E-state index in [1.54, 1.807) is 18.8 Å². The van der Waals surface area contributed by atoms with E-state index in [-0.39, 0.29) is 18.4 Å². The van der Waals surface area contributed by atoms with Crippen LogP contribution in [0.4, 0.5) is 0 Å². The summed E-state index contributed by atoms with van der Waals surface area (Å²) in [5.74, 6) is 0.0643. The lowest BCUT2D eigenvalue weighted by molar-refractivity contribution is 0.0643. The maximum Gasteiger partial charge on any atom is 0.263 e. The molecule has 0 N–H and O–H groups in total. The number of aryl methyl sites for hydroxylation is 1.